The van der Waals surface area contributed by atoms with E-state index in [4.69, 9.17) is 0 Å². The van der Waals surface area contributed by atoms with Crippen LogP contribution in [0.3, 0.4) is 0 Å². The second kappa shape index (κ2) is 8.63. The molecule has 0 bridgehead atoms. The summed E-state index contributed by atoms with van der Waals surface area (Å²) in [7, 11) is -3.60. The summed E-state index contributed by atoms with van der Waals surface area (Å²) in [6.07, 6.45) is 0. The van der Waals surface area contributed by atoms with Crippen LogP contribution in [-0.2, 0) is 10.0 Å². The van der Waals surface area contributed by atoms with Crippen LogP contribution in [0.5, 0.6) is 0 Å². The fraction of sp³-hybridized carbons (Fsp3) is 0.350. The normalized spacial score (nSPS) is 13.0. The molecule has 2 aromatic rings. The third-order valence-corrected chi connectivity index (χ3v) is 5.67. The van der Waals surface area contributed by atoms with Crippen LogP contribution in [-0.4, -0.2) is 20.4 Å². The Hall–Kier alpha value is -2.25. The van der Waals surface area contributed by atoms with E-state index in [-0.39, 0.29) is 34.6 Å². The first kappa shape index (κ1) is 21.1. The maximum Gasteiger partial charge on any atom is 0.251 e. The van der Waals surface area contributed by atoms with Gasteiger partial charge in [0.2, 0.25) is 10.0 Å². The number of sulfonamides is 1. The van der Waals surface area contributed by atoms with Crippen molar-refractivity contribution in [2.24, 2.45) is 5.92 Å². The Balaban J connectivity index is 2.18. The smallest absolute Gasteiger partial charge is 0.251 e. The number of hydrogen-bond donors (Lipinski definition) is 2. The van der Waals surface area contributed by atoms with E-state index in [1.165, 1.54) is 36.4 Å². The Morgan fingerprint density at radius 2 is 1.48 bits per heavy atom. The van der Waals surface area contributed by atoms with Gasteiger partial charge in [0.1, 0.15) is 5.82 Å². The zero-order chi connectivity index (χ0) is 20.2. The van der Waals surface area contributed by atoms with E-state index in [9.17, 15) is 17.6 Å². The van der Waals surface area contributed by atoms with Gasteiger partial charge in [-0.3, -0.25) is 4.79 Å². The van der Waals surface area contributed by atoms with Crippen LogP contribution in [0.4, 0.5) is 4.39 Å². The summed E-state index contributed by atoms with van der Waals surface area (Å²) in [4.78, 5) is 12.7. The van der Waals surface area contributed by atoms with Gasteiger partial charge in [-0.25, -0.2) is 17.5 Å². The maximum atomic E-state index is 13.2. The van der Waals surface area contributed by atoms with Crippen molar-refractivity contribution in [3.63, 3.8) is 0 Å². The largest absolute Gasteiger partial charge is 0.345 e. The first-order valence-electron chi connectivity index (χ1n) is 8.79. The van der Waals surface area contributed by atoms with E-state index in [1.54, 1.807) is 26.0 Å². The van der Waals surface area contributed by atoms with Crippen molar-refractivity contribution in [2.75, 3.05) is 0 Å². The summed E-state index contributed by atoms with van der Waals surface area (Å²) in [5.41, 5.74) is 1.16. The third kappa shape index (κ3) is 5.61. The zero-order valence-electron chi connectivity index (χ0n) is 15.9. The lowest BCUT2D eigenvalue weighted by molar-refractivity contribution is 0.0925. The molecular weight excluding hydrogens is 367 g/mol. The van der Waals surface area contributed by atoms with Crippen LogP contribution in [0.25, 0.3) is 0 Å². The van der Waals surface area contributed by atoms with Gasteiger partial charge in [0.25, 0.3) is 5.91 Å². The van der Waals surface area contributed by atoms with Crippen molar-refractivity contribution < 1.29 is 17.6 Å². The molecule has 0 aliphatic heterocycles. The number of benzene rings is 2. The van der Waals surface area contributed by atoms with Crippen LogP contribution in [0, 0.1) is 11.7 Å². The first-order chi connectivity index (χ1) is 12.6. The molecule has 2 N–H and O–H groups in total. The standard InChI is InChI=1S/C20H25FN2O3S/c1-13(2)19(15-5-9-17(21)10-6-15)22-20(24)16-7-11-18(12-8-16)27(25,26)23-14(3)4/h5-14,19,23H,1-4H3,(H,22,24)/t19-/m1/s1. The van der Waals surface area contributed by atoms with Crippen LogP contribution in [0.15, 0.2) is 53.4 Å². The minimum atomic E-state index is -3.60. The van der Waals surface area contributed by atoms with Gasteiger partial charge in [-0.1, -0.05) is 26.0 Å². The highest BCUT2D eigenvalue weighted by Crippen LogP contribution is 2.23. The highest BCUT2D eigenvalue weighted by Gasteiger charge is 2.20. The number of amides is 1. The molecule has 0 aliphatic carbocycles. The Morgan fingerprint density at radius 1 is 0.926 bits per heavy atom. The Kier molecular flexibility index (Phi) is 6.73. The van der Waals surface area contributed by atoms with Crippen LogP contribution < -0.4 is 10.0 Å². The van der Waals surface area contributed by atoms with Gasteiger partial charge in [0.05, 0.1) is 10.9 Å². The lowest BCUT2D eigenvalue weighted by Gasteiger charge is -2.23. The second-order valence-electron chi connectivity index (χ2n) is 7.05. The molecule has 0 aromatic heterocycles. The molecule has 27 heavy (non-hydrogen) atoms. The molecule has 1 amide bonds. The molecule has 1 atom stereocenters. The molecule has 0 saturated heterocycles. The number of nitrogens with one attached hydrogen (secondary N) is 2. The summed E-state index contributed by atoms with van der Waals surface area (Å²) >= 11 is 0. The van der Waals surface area contributed by atoms with E-state index in [0.717, 1.165) is 5.56 Å². The highest BCUT2D eigenvalue weighted by atomic mass is 32.2. The fourth-order valence-corrected chi connectivity index (χ4v) is 3.94. The maximum absolute atomic E-state index is 13.2. The predicted octanol–water partition coefficient (Wildman–Crippen LogP) is 3.64. The van der Waals surface area contributed by atoms with Gasteiger partial charge >= 0.3 is 0 Å². The number of halogens is 1. The molecule has 0 fully saturated rings. The van der Waals surface area contributed by atoms with E-state index >= 15 is 0 Å². The molecule has 0 saturated carbocycles. The third-order valence-electron chi connectivity index (χ3n) is 4.00. The number of carbonyl (C=O) groups excluding carboxylic acids is 1. The van der Waals surface area contributed by atoms with Crippen molar-refractivity contribution >= 4 is 15.9 Å². The quantitative estimate of drug-likeness (QED) is 0.755. The summed E-state index contributed by atoms with van der Waals surface area (Å²) in [5.74, 6) is -0.563. The average molecular weight is 392 g/mol. The van der Waals surface area contributed by atoms with Gasteiger partial charge in [0, 0.05) is 11.6 Å². The van der Waals surface area contributed by atoms with E-state index in [0.29, 0.717) is 5.56 Å². The molecular formula is C20H25FN2O3S. The van der Waals surface area contributed by atoms with E-state index in [2.05, 4.69) is 10.0 Å². The summed E-state index contributed by atoms with van der Waals surface area (Å²) in [6, 6.07) is 11.3. The Bertz CT molecular complexity index is 876. The molecule has 146 valence electrons. The first-order valence-corrected chi connectivity index (χ1v) is 10.3. The van der Waals surface area contributed by atoms with Gasteiger partial charge < -0.3 is 5.32 Å². The van der Waals surface area contributed by atoms with Gasteiger partial charge in [0.15, 0.2) is 0 Å². The number of rotatable bonds is 7. The topological polar surface area (TPSA) is 75.3 Å². The molecule has 2 aromatic carbocycles. The molecule has 5 nitrogen and oxygen atoms in total. The predicted molar refractivity (Wildman–Crippen MR) is 103 cm³/mol. The Morgan fingerprint density at radius 3 is 1.96 bits per heavy atom. The number of carbonyl (C=O) groups is 1. The SMILES string of the molecule is CC(C)NS(=O)(=O)c1ccc(C(=O)N[C@@H](c2ccc(F)cc2)C(C)C)cc1. The monoisotopic (exact) mass is 392 g/mol. The molecule has 7 heteroatoms. The van der Waals surface area contributed by atoms with Crippen molar-refractivity contribution in [1.82, 2.24) is 10.0 Å². The van der Waals surface area contributed by atoms with Crippen molar-refractivity contribution in [1.29, 1.82) is 0 Å². The van der Waals surface area contributed by atoms with Crippen molar-refractivity contribution in [3.8, 4) is 0 Å². The molecule has 0 heterocycles. The van der Waals surface area contributed by atoms with Crippen LogP contribution in [0.1, 0.15) is 49.7 Å². The van der Waals surface area contributed by atoms with Crippen LogP contribution >= 0.6 is 0 Å². The minimum absolute atomic E-state index is 0.0919. The van der Waals surface area contributed by atoms with Crippen molar-refractivity contribution in [2.45, 2.75) is 44.7 Å². The fourth-order valence-electron chi connectivity index (χ4n) is 2.69. The van der Waals surface area contributed by atoms with Crippen molar-refractivity contribution in [3.05, 3.63) is 65.5 Å². The molecule has 0 aliphatic rings. The highest BCUT2D eigenvalue weighted by molar-refractivity contribution is 7.89. The number of hydrogen-bond acceptors (Lipinski definition) is 3. The lowest BCUT2D eigenvalue weighted by atomic mass is 9.95. The summed E-state index contributed by atoms with van der Waals surface area (Å²) in [6.45, 7) is 7.39. The zero-order valence-corrected chi connectivity index (χ0v) is 16.7. The summed E-state index contributed by atoms with van der Waals surface area (Å²) < 4.78 is 40.0. The molecule has 0 radical (unpaired) electrons. The molecule has 0 spiro atoms. The lowest BCUT2D eigenvalue weighted by Crippen LogP contribution is -2.32. The van der Waals surface area contributed by atoms with Gasteiger partial charge in [-0.05, 0) is 61.7 Å². The molecule has 0 unspecified atom stereocenters. The second-order valence-corrected chi connectivity index (χ2v) is 8.76. The average Bonchev–Trinajstić information content (AvgIpc) is 2.59. The minimum Gasteiger partial charge on any atom is -0.345 e. The summed E-state index contributed by atoms with van der Waals surface area (Å²) in [5, 5.41) is 2.93. The van der Waals surface area contributed by atoms with Crippen LogP contribution in [0.2, 0.25) is 0 Å². The van der Waals surface area contributed by atoms with E-state index < -0.39 is 10.0 Å². The van der Waals surface area contributed by atoms with E-state index in [1.807, 2.05) is 13.8 Å². The van der Waals surface area contributed by atoms with Gasteiger partial charge in [-0.2, -0.15) is 0 Å². The molecule has 2 rings (SSSR count). The Labute approximate surface area is 160 Å². The van der Waals surface area contributed by atoms with Gasteiger partial charge in [-0.15, -0.1) is 0 Å².